The van der Waals surface area contributed by atoms with Gasteiger partial charge in [0.2, 0.25) is 0 Å². The summed E-state index contributed by atoms with van der Waals surface area (Å²) in [6, 6.07) is 7.93. The number of para-hydroxylation sites is 1. The van der Waals surface area contributed by atoms with Crippen molar-refractivity contribution in [1.29, 1.82) is 0 Å². The first-order valence-electron chi connectivity index (χ1n) is 6.88. The zero-order valence-corrected chi connectivity index (χ0v) is 12.8. The summed E-state index contributed by atoms with van der Waals surface area (Å²) in [4.78, 5) is 4.62. The Morgan fingerprint density at radius 2 is 2.14 bits per heavy atom. The number of imidazole rings is 1. The normalized spacial score (nSPS) is 11.2. The van der Waals surface area contributed by atoms with Gasteiger partial charge in [0.15, 0.2) is 0 Å². The molecule has 21 heavy (non-hydrogen) atoms. The lowest BCUT2D eigenvalue weighted by Crippen LogP contribution is -2.05. The van der Waals surface area contributed by atoms with E-state index in [2.05, 4.69) is 14.6 Å². The van der Waals surface area contributed by atoms with Gasteiger partial charge in [-0.1, -0.05) is 6.07 Å². The van der Waals surface area contributed by atoms with Gasteiger partial charge >= 0.3 is 0 Å². The molecule has 5 nitrogen and oxygen atoms in total. The minimum atomic E-state index is 0.354. The number of rotatable bonds is 5. The van der Waals surface area contributed by atoms with Crippen LogP contribution in [0.5, 0.6) is 5.75 Å². The van der Waals surface area contributed by atoms with Crippen molar-refractivity contribution in [2.75, 3.05) is 6.61 Å². The van der Waals surface area contributed by atoms with Gasteiger partial charge in [0.25, 0.3) is 0 Å². The molecule has 0 amide bonds. The molecule has 110 valence electrons. The van der Waals surface area contributed by atoms with Crippen molar-refractivity contribution in [3.05, 3.63) is 42.0 Å². The van der Waals surface area contributed by atoms with Crippen LogP contribution in [-0.4, -0.2) is 25.9 Å². The molecule has 0 spiro atoms. The lowest BCUT2D eigenvalue weighted by atomic mass is 10.3. The molecule has 0 fully saturated rings. The minimum Gasteiger partial charge on any atom is -0.492 e. The van der Waals surface area contributed by atoms with Crippen LogP contribution in [0.4, 0.5) is 0 Å². The number of nitrogens with zero attached hydrogens (tertiary/aromatic N) is 4. The van der Waals surface area contributed by atoms with Crippen molar-refractivity contribution < 1.29 is 4.74 Å². The van der Waals surface area contributed by atoms with Crippen molar-refractivity contribution in [2.24, 2.45) is 7.05 Å². The summed E-state index contributed by atoms with van der Waals surface area (Å²) in [6.45, 7) is 3.23. The monoisotopic (exact) mass is 304 g/mol. The van der Waals surface area contributed by atoms with Gasteiger partial charge in [-0.05, 0) is 25.1 Å². The third kappa shape index (κ3) is 2.61. The van der Waals surface area contributed by atoms with Gasteiger partial charge in [-0.25, -0.2) is 4.98 Å². The van der Waals surface area contributed by atoms with Gasteiger partial charge in [-0.3, -0.25) is 4.68 Å². The maximum absolute atomic E-state index is 6.05. The first-order chi connectivity index (χ1) is 10.2. The number of aryl methyl sites for hydroxylation is 1. The maximum Gasteiger partial charge on any atom is 0.147 e. The molecule has 1 aromatic carbocycles. The summed E-state index contributed by atoms with van der Waals surface area (Å²) in [5.41, 5.74) is 2.85. The predicted molar refractivity (Wildman–Crippen MR) is 82.8 cm³/mol. The van der Waals surface area contributed by atoms with Gasteiger partial charge in [0, 0.05) is 13.2 Å². The lowest BCUT2D eigenvalue weighted by Gasteiger charge is -2.06. The fourth-order valence-corrected chi connectivity index (χ4v) is 2.63. The van der Waals surface area contributed by atoms with Crippen LogP contribution in [0.25, 0.3) is 11.0 Å². The highest BCUT2D eigenvalue weighted by Crippen LogP contribution is 2.27. The number of hydrogen-bond donors (Lipinski definition) is 0. The topological polar surface area (TPSA) is 44.9 Å². The Bertz CT molecular complexity index is 762. The fourth-order valence-electron chi connectivity index (χ4n) is 2.43. The second-order valence-corrected chi connectivity index (χ2v) is 5.05. The van der Waals surface area contributed by atoms with Gasteiger partial charge in [0.05, 0.1) is 30.2 Å². The molecular weight excluding hydrogens is 288 g/mol. The van der Waals surface area contributed by atoms with Crippen LogP contribution in [0, 0.1) is 0 Å². The number of fused-ring (bicyclic) bond motifs is 1. The average molecular weight is 305 g/mol. The van der Waals surface area contributed by atoms with E-state index in [1.54, 1.807) is 4.68 Å². The first-order valence-corrected chi connectivity index (χ1v) is 7.41. The Morgan fingerprint density at radius 3 is 2.81 bits per heavy atom. The van der Waals surface area contributed by atoms with Crippen molar-refractivity contribution in [3.8, 4) is 5.75 Å². The van der Waals surface area contributed by atoms with Gasteiger partial charge in [-0.15, -0.1) is 11.6 Å². The van der Waals surface area contributed by atoms with E-state index in [1.807, 2.05) is 44.4 Å². The summed E-state index contributed by atoms with van der Waals surface area (Å²) >= 11 is 6.05. The highest BCUT2D eigenvalue weighted by Gasteiger charge is 2.14. The highest BCUT2D eigenvalue weighted by atomic mass is 35.5. The summed E-state index contributed by atoms with van der Waals surface area (Å²) in [7, 11) is 1.91. The van der Waals surface area contributed by atoms with Crippen LogP contribution < -0.4 is 4.74 Å². The van der Waals surface area contributed by atoms with Crippen LogP contribution in [-0.2, 0) is 19.5 Å². The second kappa shape index (κ2) is 5.77. The molecule has 0 aliphatic heterocycles. The van der Waals surface area contributed by atoms with E-state index in [9.17, 15) is 0 Å². The Morgan fingerprint density at radius 1 is 1.29 bits per heavy atom. The van der Waals surface area contributed by atoms with Crippen LogP contribution in [0.1, 0.15) is 18.4 Å². The summed E-state index contributed by atoms with van der Waals surface area (Å²) in [5, 5.41) is 4.42. The number of ether oxygens (including phenoxy) is 1. The molecule has 2 aromatic heterocycles. The molecule has 0 aliphatic rings. The van der Waals surface area contributed by atoms with E-state index < -0.39 is 0 Å². The molecule has 0 saturated heterocycles. The van der Waals surface area contributed by atoms with E-state index in [4.69, 9.17) is 16.3 Å². The molecular formula is C15H17ClN4O. The second-order valence-electron chi connectivity index (χ2n) is 4.79. The van der Waals surface area contributed by atoms with Crippen LogP contribution >= 0.6 is 11.6 Å². The molecule has 0 atom stereocenters. The van der Waals surface area contributed by atoms with Crippen molar-refractivity contribution >= 4 is 22.6 Å². The number of benzene rings is 1. The van der Waals surface area contributed by atoms with E-state index in [1.165, 1.54) is 0 Å². The zero-order chi connectivity index (χ0) is 14.8. The Kier molecular flexibility index (Phi) is 3.84. The fraction of sp³-hybridized carbons (Fsp3) is 0.333. The van der Waals surface area contributed by atoms with Gasteiger partial charge in [0.1, 0.15) is 17.1 Å². The van der Waals surface area contributed by atoms with Gasteiger partial charge in [-0.2, -0.15) is 5.10 Å². The third-order valence-electron chi connectivity index (χ3n) is 3.33. The highest BCUT2D eigenvalue weighted by molar-refractivity contribution is 6.16. The summed E-state index contributed by atoms with van der Waals surface area (Å²) in [6.07, 6.45) is 1.93. The summed E-state index contributed by atoms with van der Waals surface area (Å²) < 4.78 is 9.53. The SMILES string of the molecule is CCOc1cccc2c1nc(CCl)n2Cc1ccn(C)n1. The number of halogens is 1. The van der Waals surface area contributed by atoms with Gasteiger partial charge < -0.3 is 9.30 Å². The van der Waals surface area contributed by atoms with E-state index >= 15 is 0 Å². The Labute approximate surface area is 128 Å². The standard InChI is InChI=1S/C15H17ClN4O/c1-3-21-13-6-4-5-12-15(13)17-14(9-16)20(12)10-11-7-8-19(2)18-11/h4-8H,3,9-10H2,1-2H3. The maximum atomic E-state index is 6.05. The molecule has 3 rings (SSSR count). The quantitative estimate of drug-likeness (QED) is 0.681. The predicted octanol–water partition coefficient (Wildman–Crippen LogP) is 2.96. The van der Waals surface area contributed by atoms with Crippen LogP contribution in [0.3, 0.4) is 0 Å². The molecule has 0 bridgehead atoms. The molecule has 0 N–H and O–H groups in total. The van der Waals surface area contributed by atoms with Crippen molar-refractivity contribution in [1.82, 2.24) is 19.3 Å². The average Bonchev–Trinajstić information content (AvgIpc) is 3.05. The molecule has 0 saturated carbocycles. The first kappa shape index (κ1) is 13.9. The minimum absolute atomic E-state index is 0.354. The smallest absolute Gasteiger partial charge is 0.147 e. The van der Waals surface area contributed by atoms with Crippen molar-refractivity contribution in [3.63, 3.8) is 0 Å². The lowest BCUT2D eigenvalue weighted by molar-refractivity contribution is 0.343. The van der Waals surface area contributed by atoms with E-state index in [-0.39, 0.29) is 0 Å². The summed E-state index contributed by atoms with van der Waals surface area (Å²) in [5.74, 6) is 1.97. The van der Waals surface area contributed by atoms with E-state index in [0.717, 1.165) is 28.3 Å². The van der Waals surface area contributed by atoms with Crippen LogP contribution in [0.15, 0.2) is 30.5 Å². The molecule has 0 unspecified atom stereocenters. The number of hydrogen-bond acceptors (Lipinski definition) is 3. The van der Waals surface area contributed by atoms with Crippen molar-refractivity contribution in [2.45, 2.75) is 19.3 Å². The molecule has 0 aliphatic carbocycles. The van der Waals surface area contributed by atoms with Crippen LogP contribution in [0.2, 0.25) is 0 Å². The Hall–Kier alpha value is -2.01. The Balaban J connectivity index is 2.09. The van der Waals surface area contributed by atoms with E-state index in [0.29, 0.717) is 19.0 Å². The third-order valence-corrected chi connectivity index (χ3v) is 3.57. The number of alkyl halides is 1. The molecule has 0 radical (unpaired) electrons. The number of aromatic nitrogens is 4. The zero-order valence-electron chi connectivity index (χ0n) is 12.1. The largest absolute Gasteiger partial charge is 0.492 e. The molecule has 2 heterocycles. The molecule has 6 heteroatoms. The molecule has 3 aromatic rings.